The van der Waals surface area contributed by atoms with Crippen molar-refractivity contribution in [3.63, 3.8) is 0 Å². The number of carbonyl (C=O) groups is 1. The minimum atomic E-state index is -2.80. The standard InChI is InChI=1S/C18H18BrF2NO4/c1-3-11-7-8-16(14(19)9-11)26-10-13-12(17(20)21)5-4-6-15(13)22(24)18(23)25-2/h4-9,17,24H,3,10H2,1-2H3. The van der Waals surface area contributed by atoms with Gasteiger partial charge in [-0.25, -0.2) is 13.6 Å². The topological polar surface area (TPSA) is 59.0 Å². The molecule has 26 heavy (non-hydrogen) atoms. The van der Waals surface area contributed by atoms with Crippen LogP contribution < -0.4 is 9.80 Å². The van der Waals surface area contributed by atoms with Crippen LogP contribution in [0.4, 0.5) is 19.3 Å². The molecule has 0 atom stereocenters. The number of ether oxygens (including phenoxy) is 2. The molecule has 140 valence electrons. The van der Waals surface area contributed by atoms with E-state index in [9.17, 15) is 18.8 Å². The van der Waals surface area contributed by atoms with Gasteiger partial charge < -0.3 is 9.47 Å². The van der Waals surface area contributed by atoms with E-state index < -0.39 is 12.5 Å². The predicted octanol–water partition coefficient (Wildman–Crippen LogP) is 5.49. The third-order valence-electron chi connectivity index (χ3n) is 3.77. The molecule has 0 spiro atoms. The number of hydrogen-bond acceptors (Lipinski definition) is 4. The summed E-state index contributed by atoms with van der Waals surface area (Å²) in [7, 11) is 1.07. The molecule has 0 aliphatic rings. The van der Waals surface area contributed by atoms with E-state index in [0.717, 1.165) is 19.1 Å². The minimum Gasteiger partial charge on any atom is -0.488 e. The van der Waals surface area contributed by atoms with Gasteiger partial charge in [-0.05, 0) is 46.1 Å². The van der Waals surface area contributed by atoms with Gasteiger partial charge in [-0.2, -0.15) is 5.06 Å². The number of alkyl halides is 2. The number of methoxy groups -OCH3 is 1. The van der Waals surface area contributed by atoms with E-state index in [1.165, 1.54) is 18.2 Å². The number of aryl methyl sites for hydroxylation is 1. The first-order valence-electron chi connectivity index (χ1n) is 7.77. The summed E-state index contributed by atoms with van der Waals surface area (Å²) in [5.41, 5.74) is 0.606. The van der Waals surface area contributed by atoms with E-state index in [1.807, 2.05) is 19.1 Å². The van der Waals surface area contributed by atoms with Crippen molar-refractivity contribution in [2.24, 2.45) is 0 Å². The Hall–Kier alpha value is -2.19. The Morgan fingerprint density at radius 2 is 2.04 bits per heavy atom. The molecule has 8 heteroatoms. The minimum absolute atomic E-state index is 0.0122. The van der Waals surface area contributed by atoms with Crippen molar-refractivity contribution < 1.29 is 28.3 Å². The summed E-state index contributed by atoms with van der Waals surface area (Å²) < 4.78 is 37.5. The normalized spacial score (nSPS) is 10.7. The lowest BCUT2D eigenvalue weighted by Gasteiger charge is -2.20. The Balaban J connectivity index is 2.36. The maximum Gasteiger partial charge on any atom is 0.438 e. The smallest absolute Gasteiger partial charge is 0.438 e. The molecule has 0 unspecified atom stereocenters. The summed E-state index contributed by atoms with van der Waals surface area (Å²) in [4.78, 5) is 11.6. The van der Waals surface area contributed by atoms with Crippen LogP contribution in [0.5, 0.6) is 5.75 Å². The Bertz CT molecular complexity index is 786. The summed E-state index contributed by atoms with van der Waals surface area (Å²) >= 11 is 3.38. The van der Waals surface area contributed by atoms with Crippen molar-refractivity contribution >= 4 is 27.7 Å². The molecule has 1 N–H and O–H groups in total. The van der Waals surface area contributed by atoms with E-state index in [4.69, 9.17) is 4.74 Å². The van der Waals surface area contributed by atoms with Crippen LogP contribution in [0.3, 0.4) is 0 Å². The number of hydrogen-bond donors (Lipinski definition) is 1. The first-order valence-corrected chi connectivity index (χ1v) is 8.56. The Morgan fingerprint density at radius 1 is 1.31 bits per heavy atom. The predicted molar refractivity (Wildman–Crippen MR) is 95.9 cm³/mol. The molecule has 0 radical (unpaired) electrons. The van der Waals surface area contributed by atoms with Crippen LogP contribution in [0.25, 0.3) is 0 Å². The van der Waals surface area contributed by atoms with Crippen LogP contribution in [0.2, 0.25) is 0 Å². The highest BCUT2D eigenvalue weighted by molar-refractivity contribution is 9.10. The van der Waals surface area contributed by atoms with E-state index in [1.54, 1.807) is 6.07 Å². The highest BCUT2D eigenvalue weighted by Crippen LogP contribution is 2.33. The molecule has 0 saturated heterocycles. The maximum absolute atomic E-state index is 13.4. The first kappa shape index (κ1) is 20.1. The van der Waals surface area contributed by atoms with Gasteiger partial charge in [0.25, 0.3) is 6.43 Å². The average Bonchev–Trinajstić information content (AvgIpc) is 2.65. The fourth-order valence-electron chi connectivity index (χ4n) is 2.37. The molecule has 2 aromatic rings. The number of rotatable bonds is 6. The number of nitrogens with zero attached hydrogens (tertiary/aromatic N) is 1. The zero-order valence-electron chi connectivity index (χ0n) is 14.2. The fourth-order valence-corrected chi connectivity index (χ4v) is 2.91. The van der Waals surface area contributed by atoms with Crippen molar-refractivity contribution in [1.82, 2.24) is 0 Å². The number of carbonyl (C=O) groups excluding carboxylic acids is 1. The van der Waals surface area contributed by atoms with Crippen LogP contribution in [0.15, 0.2) is 40.9 Å². The summed E-state index contributed by atoms with van der Waals surface area (Å²) in [5.74, 6) is 0.458. The Labute approximate surface area is 158 Å². The molecule has 0 aromatic heterocycles. The van der Waals surface area contributed by atoms with Gasteiger partial charge >= 0.3 is 6.09 Å². The molecular formula is C18H18BrF2NO4. The Kier molecular flexibility index (Phi) is 6.93. The second kappa shape index (κ2) is 8.95. The lowest BCUT2D eigenvalue weighted by molar-refractivity contribution is 0.138. The highest BCUT2D eigenvalue weighted by atomic mass is 79.9. The van der Waals surface area contributed by atoms with E-state index >= 15 is 0 Å². The van der Waals surface area contributed by atoms with Gasteiger partial charge in [-0.1, -0.05) is 25.1 Å². The average molecular weight is 430 g/mol. The van der Waals surface area contributed by atoms with Crippen LogP contribution in [0, 0.1) is 0 Å². The van der Waals surface area contributed by atoms with Gasteiger partial charge in [0.1, 0.15) is 12.4 Å². The third-order valence-corrected chi connectivity index (χ3v) is 4.39. The van der Waals surface area contributed by atoms with Gasteiger partial charge in [0.2, 0.25) is 0 Å². The summed E-state index contributed by atoms with van der Waals surface area (Å²) in [5, 5.41) is 10.1. The second-order valence-electron chi connectivity index (χ2n) is 5.33. The van der Waals surface area contributed by atoms with Gasteiger partial charge in [-0.15, -0.1) is 0 Å². The summed E-state index contributed by atoms with van der Waals surface area (Å²) in [6.07, 6.45) is -3.05. The number of halogens is 3. The van der Waals surface area contributed by atoms with Gasteiger partial charge in [0, 0.05) is 11.1 Å². The van der Waals surface area contributed by atoms with Crippen molar-refractivity contribution in [2.75, 3.05) is 12.2 Å². The molecule has 2 aromatic carbocycles. The molecular weight excluding hydrogens is 412 g/mol. The SMILES string of the molecule is CCc1ccc(OCc2c(C(F)F)cccc2N(O)C(=O)OC)c(Br)c1. The number of anilines is 1. The highest BCUT2D eigenvalue weighted by Gasteiger charge is 2.23. The Morgan fingerprint density at radius 3 is 2.62 bits per heavy atom. The van der Waals surface area contributed by atoms with Gasteiger partial charge in [0.05, 0.1) is 17.3 Å². The van der Waals surface area contributed by atoms with Crippen LogP contribution in [0.1, 0.15) is 30.0 Å². The molecule has 1 amide bonds. The summed E-state index contributed by atoms with van der Waals surface area (Å²) in [6.45, 7) is 1.74. The van der Waals surface area contributed by atoms with E-state index in [0.29, 0.717) is 10.2 Å². The van der Waals surface area contributed by atoms with Crippen molar-refractivity contribution in [2.45, 2.75) is 26.4 Å². The lowest BCUT2D eigenvalue weighted by Crippen LogP contribution is -2.28. The number of hydroxylamine groups is 1. The zero-order valence-corrected chi connectivity index (χ0v) is 15.8. The quantitative estimate of drug-likeness (QED) is 0.487. The molecule has 0 aliphatic heterocycles. The molecule has 0 heterocycles. The fraction of sp³-hybridized carbons (Fsp3) is 0.278. The van der Waals surface area contributed by atoms with E-state index in [2.05, 4.69) is 20.7 Å². The number of benzene rings is 2. The van der Waals surface area contributed by atoms with Crippen molar-refractivity contribution in [1.29, 1.82) is 0 Å². The van der Waals surface area contributed by atoms with Gasteiger partial charge in [-0.3, -0.25) is 5.21 Å². The molecule has 0 fully saturated rings. The third kappa shape index (κ3) is 4.50. The van der Waals surface area contributed by atoms with Crippen molar-refractivity contribution in [3.05, 3.63) is 57.6 Å². The van der Waals surface area contributed by atoms with Crippen LogP contribution in [-0.2, 0) is 17.8 Å². The van der Waals surface area contributed by atoms with Crippen molar-refractivity contribution in [3.8, 4) is 5.75 Å². The van der Waals surface area contributed by atoms with Crippen LogP contribution >= 0.6 is 15.9 Å². The summed E-state index contributed by atoms with van der Waals surface area (Å²) in [6, 6.07) is 9.34. The van der Waals surface area contributed by atoms with Gasteiger partial charge in [0.15, 0.2) is 0 Å². The van der Waals surface area contributed by atoms with E-state index in [-0.39, 0.29) is 28.5 Å². The first-order chi connectivity index (χ1) is 12.4. The second-order valence-corrected chi connectivity index (χ2v) is 6.19. The number of amides is 1. The molecule has 0 saturated carbocycles. The lowest BCUT2D eigenvalue weighted by atomic mass is 10.1. The van der Waals surface area contributed by atoms with Crippen LogP contribution in [-0.4, -0.2) is 18.4 Å². The molecule has 2 rings (SSSR count). The molecule has 0 bridgehead atoms. The molecule has 5 nitrogen and oxygen atoms in total. The zero-order chi connectivity index (χ0) is 19.3. The maximum atomic E-state index is 13.4. The largest absolute Gasteiger partial charge is 0.488 e. The molecule has 0 aliphatic carbocycles. The monoisotopic (exact) mass is 429 g/mol.